The van der Waals surface area contributed by atoms with Crippen LogP contribution in [0.4, 0.5) is 13.2 Å². The van der Waals surface area contributed by atoms with Gasteiger partial charge in [-0.25, -0.2) is 4.98 Å². The van der Waals surface area contributed by atoms with Gasteiger partial charge >= 0.3 is 6.18 Å². The van der Waals surface area contributed by atoms with E-state index in [0.717, 1.165) is 5.56 Å². The van der Waals surface area contributed by atoms with Crippen LogP contribution in [-0.4, -0.2) is 33.2 Å². The molecule has 5 N–H and O–H groups in total. The van der Waals surface area contributed by atoms with Crippen molar-refractivity contribution in [3.05, 3.63) is 47.4 Å². The van der Waals surface area contributed by atoms with Crippen LogP contribution in [0.2, 0.25) is 0 Å². The van der Waals surface area contributed by atoms with Gasteiger partial charge in [0.1, 0.15) is 0 Å². The van der Waals surface area contributed by atoms with Gasteiger partial charge in [0.05, 0.1) is 28.6 Å². The summed E-state index contributed by atoms with van der Waals surface area (Å²) < 4.78 is 37.1. The smallest absolute Gasteiger partial charge is 0.382 e. The lowest BCUT2D eigenvalue weighted by Crippen LogP contribution is -2.21. The number of primary amides is 1. The number of carbonyl (C=O) groups excluding carboxylic acids is 1. The van der Waals surface area contributed by atoms with Gasteiger partial charge in [0.15, 0.2) is 5.82 Å². The summed E-state index contributed by atoms with van der Waals surface area (Å²) in [4.78, 5) is 18.5. The van der Waals surface area contributed by atoms with Gasteiger partial charge in [-0.2, -0.15) is 13.2 Å². The predicted molar refractivity (Wildman–Crippen MR) is 101 cm³/mol. The molecule has 0 aliphatic rings. The van der Waals surface area contributed by atoms with E-state index in [-0.39, 0.29) is 22.7 Å². The number of halogens is 4. The number of amides is 1. The molecule has 0 atom stereocenters. The van der Waals surface area contributed by atoms with Crippen molar-refractivity contribution in [2.45, 2.75) is 19.5 Å². The van der Waals surface area contributed by atoms with E-state index in [2.05, 4.69) is 31.2 Å². The number of H-pyrrole nitrogens is 1. The maximum Gasteiger partial charge on any atom is 0.390 e. The topological polar surface area (TPSA) is 108 Å². The van der Waals surface area contributed by atoms with Crippen molar-refractivity contribution in [2.24, 2.45) is 5.73 Å². The van der Waals surface area contributed by atoms with E-state index in [0.29, 0.717) is 16.8 Å². The number of rotatable bonds is 7. The average Bonchev–Trinajstić information content (AvgIpc) is 3.01. The van der Waals surface area contributed by atoms with Crippen LogP contribution in [-0.2, 0) is 0 Å². The van der Waals surface area contributed by atoms with Crippen molar-refractivity contribution >= 4 is 32.2 Å². The van der Waals surface area contributed by atoms with Crippen LogP contribution in [0.1, 0.15) is 28.2 Å². The zero-order chi connectivity index (χ0) is 20.2. The average molecular weight is 444 g/mol. The fourth-order valence-corrected chi connectivity index (χ4v) is 2.61. The second-order valence-electron chi connectivity index (χ2n) is 5.74. The van der Waals surface area contributed by atoms with Crippen LogP contribution in [0.25, 0.3) is 17.0 Å². The minimum absolute atomic E-state index is 0.0170. The van der Waals surface area contributed by atoms with Crippen LogP contribution in [0, 0.1) is 12.3 Å². The Labute approximate surface area is 161 Å². The largest absolute Gasteiger partial charge is 0.390 e. The number of aryl methyl sites for hydroxylation is 1. The lowest BCUT2D eigenvalue weighted by Gasteiger charge is -2.10. The lowest BCUT2D eigenvalue weighted by molar-refractivity contribution is -0.132. The first-order valence-corrected chi connectivity index (χ1v) is 8.58. The van der Waals surface area contributed by atoms with Crippen LogP contribution >= 0.6 is 15.9 Å². The summed E-state index contributed by atoms with van der Waals surface area (Å²) in [5, 5.41) is 10.1. The van der Waals surface area contributed by atoms with Crippen molar-refractivity contribution in [1.82, 2.24) is 15.3 Å². The van der Waals surface area contributed by atoms with Gasteiger partial charge in [0.2, 0.25) is 5.91 Å². The Hall–Kier alpha value is -2.62. The summed E-state index contributed by atoms with van der Waals surface area (Å²) >= 11 is 2.95. The molecule has 0 aliphatic carbocycles. The number of nitrogens with two attached hydrogens (primary N) is 1. The SMILES string of the molecule is Cc1cc(-c2cnc(/C(=C\C(=N)Br)NCCC(F)(F)F)[nH]2)ccc1C(N)=O. The molecule has 27 heavy (non-hydrogen) atoms. The Morgan fingerprint density at radius 2 is 2.15 bits per heavy atom. The molecule has 2 rings (SSSR count). The van der Waals surface area contributed by atoms with Crippen molar-refractivity contribution in [3.63, 3.8) is 0 Å². The molecule has 0 unspecified atom stereocenters. The number of nitrogens with one attached hydrogen (secondary N) is 3. The highest BCUT2D eigenvalue weighted by Gasteiger charge is 2.26. The number of allylic oxidation sites excluding steroid dienone is 1. The predicted octanol–water partition coefficient (Wildman–Crippen LogP) is 3.74. The molecule has 1 aromatic carbocycles. The minimum Gasteiger partial charge on any atom is -0.382 e. The molecule has 144 valence electrons. The van der Waals surface area contributed by atoms with Crippen molar-refractivity contribution in [2.75, 3.05) is 6.54 Å². The van der Waals surface area contributed by atoms with Crippen LogP contribution in [0.5, 0.6) is 0 Å². The molecule has 0 fully saturated rings. The van der Waals surface area contributed by atoms with Gasteiger partial charge in [0.25, 0.3) is 0 Å². The molecule has 0 bridgehead atoms. The molecule has 2 aromatic rings. The second-order valence-corrected chi connectivity index (χ2v) is 6.59. The van der Waals surface area contributed by atoms with E-state index in [1.54, 1.807) is 25.1 Å². The van der Waals surface area contributed by atoms with E-state index < -0.39 is 18.5 Å². The molecule has 0 saturated carbocycles. The van der Waals surface area contributed by atoms with E-state index in [1.807, 2.05) is 0 Å². The quantitative estimate of drug-likeness (QED) is 0.489. The second kappa shape index (κ2) is 8.38. The molecule has 0 saturated heterocycles. The molecule has 1 aromatic heterocycles. The van der Waals surface area contributed by atoms with Gasteiger partial charge < -0.3 is 16.0 Å². The standard InChI is InChI=1S/C17H17BrF3N5O/c1-9-6-10(2-3-11(9)15(23)27)13-8-25-16(26-13)12(7-14(18)22)24-5-4-17(19,20)21/h2-3,6-8,22,24H,4-5H2,1H3,(H2,23,27)(H,25,26)/b12-7+,22-14?. The van der Waals surface area contributed by atoms with E-state index in [1.165, 1.54) is 12.3 Å². The van der Waals surface area contributed by atoms with Crippen LogP contribution in [0.15, 0.2) is 30.5 Å². The van der Waals surface area contributed by atoms with Crippen LogP contribution in [0.3, 0.4) is 0 Å². The number of imidazole rings is 1. The first kappa shape index (κ1) is 20.7. The number of nitrogens with zero attached hydrogens (tertiary/aromatic N) is 1. The first-order valence-electron chi connectivity index (χ1n) is 7.79. The van der Waals surface area contributed by atoms with Gasteiger partial charge in [-0.1, -0.05) is 6.07 Å². The molecular formula is C17H17BrF3N5O. The number of alkyl halides is 3. The lowest BCUT2D eigenvalue weighted by atomic mass is 10.0. The number of hydrogen-bond acceptors (Lipinski definition) is 4. The monoisotopic (exact) mass is 443 g/mol. The molecule has 1 heterocycles. The van der Waals surface area contributed by atoms with Gasteiger partial charge in [-0.3, -0.25) is 10.2 Å². The summed E-state index contributed by atoms with van der Waals surface area (Å²) in [6.45, 7) is 1.40. The third-order valence-corrected chi connectivity index (χ3v) is 3.86. The van der Waals surface area contributed by atoms with Crippen LogP contribution < -0.4 is 11.1 Å². The molecule has 0 spiro atoms. The molecular weight excluding hydrogens is 427 g/mol. The van der Waals surface area contributed by atoms with Gasteiger partial charge in [-0.15, -0.1) is 0 Å². The van der Waals surface area contributed by atoms with Gasteiger partial charge in [0, 0.05) is 12.1 Å². The summed E-state index contributed by atoms with van der Waals surface area (Å²) in [7, 11) is 0. The Bertz CT molecular complexity index is 889. The molecule has 0 aliphatic heterocycles. The number of aromatic amines is 1. The number of hydrogen-bond donors (Lipinski definition) is 4. The molecule has 0 radical (unpaired) electrons. The first-order chi connectivity index (χ1) is 12.6. The fourth-order valence-electron chi connectivity index (χ4n) is 2.38. The maximum absolute atomic E-state index is 12.4. The summed E-state index contributed by atoms with van der Waals surface area (Å²) in [6.07, 6.45) is -2.46. The Kier molecular flexibility index (Phi) is 6.42. The third kappa shape index (κ3) is 5.95. The molecule has 1 amide bonds. The molecule has 10 heteroatoms. The highest BCUT2D eigenvalue weighted by atomic mass is 79.9. The van der Waals surface area contributed by atoms with Crippen molar-refractivity contribution < 1.29 is 18.0 Å². The van der Waals surface area contributed by atoms with E-state index in [4.69, 9.17) is 11.1 Å². The number of carbonyl (C=O) groups is 1. The Morgan fingerprint density at radius 3 is 2.70 bits per heavy atom. The summed E-state index contributed by atoms with van der Waals surface area (Å²) in [5.41, 5.74) is 7.98. The number of benzene rings is 1. The van der Waals surface area contributed by atoms with Crippen molar-refractivity contribution in [3.8, 4) is 11.3 Å². The van der Waals surface area contributed by atoms with E-state index in [9.17, 15) is 18.0 Å². The molecule has 6 nitrogen and oxygen atoms in total. The van der Waals surface area contributed by atoms with E-state index >= 15 is 0 Å². The third-order valence-electron chi connectivity index (χ3n) is 3.63. The summed E-state index contributed by atoms with van der Waals surface area (Å²) in [5.74, 6) is -0.243. The minimum atomic E-state index is -4.28. The summed E-state index contributed by atoms with van der Waals surface area (Å²) in [6, 6.07) is 5.04. The highest BCUT2D eigenvalue weighted by Crippen LogP contribution is 2.23. The van der Waals surface area contributed by atoms with Gasteiger partial charge in [-0.05, 0) is 52.2 Å². The Morgan fingerprint density at radius 1 is 1.44 bits per heavy atom. The highest BCUT2D eigenvalue weighted by molar-refractivity contribution is 9.18. The number of aromatic nitrogens is 2. The fraction of sp³-hybridized carbons (Fsp3) is 0.235. The maximum atomic E-state index is 12.4. The normalized spacial score (nSPS) is 12.1. The zero-order valence-electron chi connectivity index (χ0n) is 14.2. The van der Waals surface area contributed by atoms with Crippen molar-refractivity contribution in [1.29, 1.82) is 5.41 Å². The zero-order valence-corrected chi connectivity index (χ0v) is 15.8. The Balaban J connectivity index is 2.25.